The van der Waals surface area contributed by atoms with E-state index in [1.54, 1.807) is 16.2 Å². The molecular weight excluding hydrogens is 300 g/mol. The zero-order chi connectivity index (χ0) is 16.1. The lowest BCUT2D eigenvalue weighted by Crippen LogP contribution is -2.47. The predicted molar refractivity (Wildman–Crippen MR) is 86.5 cm³/mol. The molecule has 1 aromatic heterocycles. The van der Waals surface area contributed by atoms with Gasteiger partial charge >= 0.3 is 6.03 Å². The quantitative estimate of drug-likeness (QED) is 0.870. The van der Waals surface area contributed by atoms with Crippen molar-refractivity contribution in [1.29, 1.82) is 0 Å². The maximum absolute atomic E-state index is 12.5. The van der Waals surface area contributed by atoms with Gasteiger partial charge in [0, 0.05) is 30.6 Å². The van der Waals surface area contributed by atoms with Crippen molar-refractivity contribution >= 4 is 23.3 Å². The van der Waals surface area contributed by atoms with Crippen LogP contribution in [0.5, 0.6) is 0 Å². The average molecular weight is 324 g/mol. The molecule has 0 aromatic carbocycles. The second kappa shape index (κ2) is 7.58. The summed E-state index contributed by atoms with van der Waals surface area (Å²) >= 11 is 1.57. The van der Waals surface area contributed by atoms with Crippen molar-refractivity contribution in [1.82, 2.24) is 15.2 Å². The van der Waals surface area contributed by atoms with Gasteiger partial charge in [0.05, 0.1) is 6.04 Å². The van der Waals surface area contributed by atoms with E-state index in [-0.39, 0.29) is 23.9 Å². The molecule has 3 amide bonds. The number of carbonyl (C=O) groups is 2. The topological polar surface area (TPSA) is 88.3 Å². The fourth-order valence-electron chi connectivity index (χ4n) is 2.81. The van der Waals surface area contributed by atoms with Crippen LogP contribution >= 0.6 is 11.3 Å². The van der Waals surface area contributed by atoms with Crippen molar-refractivity contribution in [2.45, 2.75) is 45.6 Å². The molecule has 1 fully saturated rings. The molecule has 2 heterocycles. The summed E-state index contributed by atoms with van der Waals surface area (Å²) < 4.78 is 0. The molecule has 1 aliphatic rings. The van der Waals surface area contributed by atoms with Gasteiger partial charge in [0.1, 0.15) is 5.01 Å². The SMILES string of the molecule is CCC(NC(=O)N1CCCC(CC(N)=O)C1)c1nc(C)cs1. The Labute approximate surface area is 135 Å². The summed E-state index contributed by atoms with van der Waals surface area (Å²) in [5.41, 5.74) is 6.24. The van der Waals surface area contributed by atoms with Crippen molar-refractivity contribution < 1.29 is 9.59 Å². The molecule has 7 heteroatoms. The molecule has 1 aromatic rings. The number of aromatic nitrogens is 1. The summed E-state index contributed by atoms with van der Waals surface area (Å²) in [6.45, 7) is 5.32. The summed E-state index contributed by atoms with van der Waals surface area (Å²) in [4.78, 5) is 29.8. The number of hydrogen-bond donors (Lipinski definition) is 2. The normalized spacial score (nSPS) is 19.7. The zero-order valence-electron chi connectivity index (χ0n) is 13.2. The predicted octanol–water partition coefficient (Wildman–Crippen LogP) is 2.20. The van der Waals surface area contributed by atoms with Gasteiger partial charge in [0.15, 0.2) is 0 Å². The highest BCUT2D eigenvalue weighted by Gasteiger charge is 2.26. The molecule has 0 spiro atoms. The molecule has 1 aliphatic heterocycles. The average Bonchev–Trinajstić information content (AvgIpc) is 2.90. The van der Waals surface area contributed by atoms with Crippen LogP contribution in [0.1, 0.15) is 49.4 Å². The lowest BCUT2D eigenvalue weighted by Gasteiger charge is -2.33. The number of primary amides is 1. The Morgan fingerprint density at radius 1 is 1.59 bits per heavy atom. The van der Waals surface area contributed by atoms with Gasteiger partial charge in [-0.15, -0.1) is 11.3 Å². The Balaban J connectivity index is 1.94. The van der Waals surface area contributed by atoms with Crippen molar-refractivity contribution in [3.63, 3.8) is 0 Å². The van der Waals surface area contributed by atoms with Gasteiger partial charge in [0.2, 0.25) is 5.91 Å². The van der Waals surface area contributed by atoms with Crippen LogP contribution in [-0.4, -0.2) is 34.9 Å². The number of hydrogen-bond acceptors (Lipinski definition) is 4. The Morgan fingerprint density at radius 2 is 2.36 bits per heavy atom. The molecule has 0 saturated carbocycles. The van der Waals surface area contributed by atoms with Gasteiger partial charge < -0.3 is 16.0 Å². The number of amides is 3. The lowest BCUT2D eigenvalue weighted by molar-refractivity contribution is -0.119. The molecule has 2 unspecified atom stereocenters. The van der Waals surface area contributed by atoms with Crippen LogP contribution in [0.3, 0.4) is 0 Å². The second-order valence-corrected chi connectivity index (χ2v) is 6.75. The molecule has 22 heavy (non-hydrogen) atoms. The van der Waals surface area contributed by atoms with E-state index >= 15 is 0 Å². The number of aryl methyl sites for hydroxylation is 1. The number of urea groups is 1. The standard InChI is InChI=1S/C15H24N4O2S/c1-3-12(14-17-10(2)9-22-14)18-15(21)19-6-4-5-11(8-19)7-13(16)20/h9,11-12H,3-8H2,1-2H3,(H2,16,20)(H,18,21). The Morgan fingerprint density at radius 3 is 2.95 bits per heavy atom. The molecule has 1 saturated heterocycles. The Bertz CT molecular complexity index is 531. The second-order valence-electron chi connectivity index (χ2n) is 5.86. The summed E-state index contributed by atoms with van der Waals surface area (Å²) in [6, 6.07) is -0.128. The fourth-order valence-corrected chi connectivity index (χ4v) is 3.74. The first-order chi connectivity index (χ1) is 10.5. The number of nitrogens with two attached hydrogens (primary N) is 1. The molecule has 122 valence electrons. The molecule has 3 N–H and O–H groups in total. The van der Waals surface area contributed by atoms with Crippen molar-refractivity contribution in [3.05, 3.63) is 16.1 Å². The van der Waals surface area contributed by atoms with Gasteiger partial charge in [-0.3, -0.25) is 4.79 Å². The first-order valence-corrected chi connectivity index (χ1v) is 8.63. The Hall–Kier alpha value is -1.63. The van der Waals surface area contributed by atoms with Crippen LogP contribution in [-0.2, 0) is 4.79 Å². The Kier molecular flexibility index (Phi) is 5.76. The molecule has 6 nitrogen and oxygen atoms in total. The third kappa shape index (κ3) is 4.43. The minimum Gasteiger partial charge on any atom is -0.370 e. The van der Waals surface area contributed by atoms with Gasteiger partial charge in [-0.05, 0) is 32.1 Å². The molecule has 0 radical (unpaired) electrons. The zero-order valence-corrected chi connectivity index (χ0v) is 14.0. The number of nitrogens with one attached hydrogen (secondary N) is 1. The molecular formula is C15H24N4O2S. The lowest BCUT2D eigenvalue weighted by atomic mass is 9.95. The number of nitrogens with zero attached hydrogens (tertiary/aromatic N) is 2. The van der Waals surface area contributed by atoms with E-state index in [4.69, 9.17) is 5.73 Å². The fraction of sp³-hybridized carbons (Fsp3) is 0.667. The number of piperidine rings is 1. The van der Waals surface area contributed by atoms with E-state index in [0.29, 0.717) is 13.0 Å². The molecule has 0 aliphatic carbocycles. The van der Waals surface area contributed by atoms with Gasteiger partial charge in [-0.2, -0.15) is 0 Å². The van der Waals surface area contributed by atoms with Crippen LogP contribution in [0, 0.1) is 12.8 Å². The minimum absolute atomic E-state index is 0.0530. The van der Waals surface area contributed by atoms with E-state index in [1.807, 2.05) is 19.2 Å². The highest BCUT2D eigenvalue weighted by molar-refractivity contribution is 7.09. The number of carbonyl (C=O) groups excluding carboxylic acids is 2. The molecule has 0 bridgehead atoms. The van der Waals surface area contributed by atoms with E-state index < -0.39 is 0 Å². The summed E-state index contributed by atoms with van der Waals surface area (Å²) in [5, 5.41) is 6.00. The third-order valence-corrected chi connectivity index (χ3v) is 5.01. The van der Waals surface area contributed by atoms with Gasteiger partial charge in [-0.25, -0.2) is 9.78 Å². The summed E-state index contributed by atoms with van der Waals surface area (Å²) in [7, 11) is 0. The van der Waals surface area contributed by atoms with Crippen molar-refractivity contribution in [2.75, 3.05) is 13.1 Å². The minimum atomic E-state index is -0.294. The summed E-state index contributed by atoms with van der Waals surface area (Å²) in [5.74, 6) is -0.115. The van der Waals surface area contributed by atoms with E-state index in [0.717, 1.165) is 36.5 Å². The third-order valence-electron chi connectivity index (χ3n) is 3.94. The monoisotopic (exact) mass is 324 g/mol. The molecule has 2 atom stereocenters. The highest BCUT2D eigenvalue weighted by Crippen LogP contribution is 2.23. The highest BCUT2D eigenvalue weighted by atomic mass is 32.1. The maximum atomic E-state index is 12.5. The summed E-state index contributed by atoms with van der Waals surface area (Å²) in [6.07, 6.45) is 3.03. The maximum Gasteiger partial charge on any atom is 0.317 e. The van der Waals surface area contributed by atoms with Crippen molar-refractivity contribution in [2.24, 2.45) is 11.7 Å². The van der Waals surface area contributed by atoms with Crippen molar-refractivity contribution in [3.8, 4) is 0 Å². The number of rotatable bonds is 5. The van der Waals surface area contributed by atoms with Crippen LogP contribution in [0.2, 0.25) is 0 Å². The first-order valence-electron chi connectivity index (χ1n) is 7.75. The van der Waals surface area contributed by atoms with Crippen LogP contribution < -0.4 is 11.1 Å². The largest absolute Gasteiger partial charge is 0.370 e. The van der Waals surface area contributed by atoms with Gasteiger partial charge in [-0.1, -0.05) is 6.92 Å². The first kappa shape index (κ1) is 16.7. The molecule has 2 rings (SSSR count). The number of thiazole rings is 1. The van der Waals surface area contributed by atoms with E-state index in [9.17, 15) is 9.59 Å². The van der Waals surface area contributed by atoms with Crippen LogP contribution in [0.15, 0.2) is 5.38 Å². The van der Waals surface area contributed by atoms with E-state index in [1.165, 1.54) is 0 Å². The van der Waals surface area contributed by atoms with Crippen LogP contribution in [0.25, 0.3) is 0 Å². The smallest absolute Gasteiger partial charge is 0.317 e. The van der Waals surface area contributed by atoms with E-state index in [2.05, 4.69) is 10.3 Å². The van der Waals surface area contributed by atoms with Gasteiger partial charge in [0.25, 0.3) is 0 Å². The number of likely N-dealkylation sites (tertiary alicyclic amines) is 1. The van der Waals surface area contributed by atoms with Crippen LogP contribution in [0.4, 0.5) is 4.79 Å².